The lowest BCUT2D eigenvalue weighted by Gasteiger charge is -2.17. The summed E-state index contributed by atoms with van der Waals surface area (Å²) in [6.45, 7) is 0. The number of hydrogen-bond acceptors (Lipinski definition) is 0. The topological polar surface area (TPSA) is 0 Å². The van der Waals surface area contributed by atoms with Crippen molar-refractivity contribution in [3.05, 3.63) is 11.6 Å². The van der Waals surface area contributed by atoms with Gasteiger partial charge in [0.1, 0.15) is 0 Å². The van der Waals surface area contributed by atoms with Gasteiger partial charge in [0.05, 0.1) is 0 Å². The molecule has 0 saturated heterocycles. The van der Waals surface area contributed by atoms with Crippen LogP contribution in [0.3, 0.4) is 0 Å². The summed E-state index contributed by atoms with van der Waals surface area (Å²) in [4.78, 5) is 0. The lowest BCUT2D eigenvalue weighted by Crippen LogP contribution is -2.08. The van der Waals surface area contributed by atoms with Gasteiger partial charge >= 0.3 is 0 Å². The molecule has 0 radical (unpaired) electrons. The van der Waals surface area contributed by atoms with E-state index in [1.165, 1.54) is 19.3 Å². The van der Waals surface area contributed by atoms with Crippen molar-refractivity contribution in [2.45, 2.75) is 42.3 Å². The van der Waals surface area contributed by atoms with Gasteiger partial charge in [0.25, 0.3) is 0 Å². The monoisotopic (exact) mass is 226 g/mol. The van der Waals surface area contributed by atoms with Crippen molar-refractivity contribution < 1.29 is 0 Å². The summed E-state index contributed by atoms with van der Waals surface area (Å²) in [5.74, 6) is 0. The predicted octanol–water partition coefficient (Wildman–Crippen LogP) is 4.64. The van der Waals surface area contributed by atoms with Crippen LogP contribution in [0.5, 0.6) is 0 Å². The van der Waals surface area contributed by atoms with Crippen molar-refractivity contribution in [2.24, 2.45) is 0 Å². The Kier molecular flexibility index (Phi) is 4.22. The third-order valence-corrected chi connectivity index (χ3v) is 2.88. The average Bonchev–Trinajstić information content (AvgIpc) is 1.81. The first-order valence-electron chi connectivity index (χ1n) is 4.37. The minimum atomic E-state index is -1.17. The highest BCUT2D eigenvalue weighted by molar-refractivity contribution is 6.69. The predicted molar refractivity (Wildman–Crippen MR) is 56.1 cm³/mol. The van der Waals surface area contributed by atoms with Crippen LogP contribution in [0.15, 0.2) is 11.6 Å². The zero-order chi connectivity index (χ0) is 9.03. The molecule has 0 fully saturated rings. The normalized spacial score (nSPS) is 25.4. The Bertz CT molecular complexity index is 167. The van der Waals surface area contributed by atoms with Crippen LogP contribution in [-0.4, -0.2) is 3.79 Å². The average molecular weight is 228 g/mol. The maximum absolute atomic E-state index is 5.80. The molecule has 12 heavy (non-hydrogen) atoms. The van der Waals surface area contributed by atoms with Gasteiger partial charge < -0.3 is 0 Å². The first-order chi connectivity index (χ1) is 5.61. The molecule has 0 spiro atoms. The molecule has 0 aromatic heterocycles. The molecule has 0 N–H and O–H groups in total. The van der Waals surface area contributed by atoms with E-state index in [0.717, 1.165) is 24.8 Å². The highest BCUT2D eigenvalue weighted by Crippen LogP contribution is 2.38. The van der Waals surface area contributed by atoms with Crippen LogP contribution in [-0.2, 0) is 0 Å². The zero-order valence-electron chi connectivity index (χ0n) is 6.95. The van der Waals surface area contributed by atoms with Crippen LogP contribution >= 0.6 is 34.8 Å². The molecule has 70 valence electrons. The summed E-state index contributed by atoms with van der Waals surface area (Å²) in [7, 11) is 0. The van der Waals surface area contributed by atoms with Crippen LogP contribution in [0.4, 0.5) is 0 Å². The molecule has 0 aliphatic heterocycles. The number of rotatable bonds is 0. The van der Waals surface area contributed by atoms with Crippen molar-refractivity contribution in [3.63, 3.8) is 0 Å². The molecule has 0 nitrogen and oxygen atoms in total. The van der Waals surface area contributed by atoms with Gasteiger partial charge in [-0.2, -0.15) is 0 Å². The molecule has 0 heterocycles. The molecule has 0 atom stereocenters. The molecule has 0 bridgehead atoms. The minimum Gasteiger partial charge on any atom is -0.0811 e. The van der Waals surface area contributed by atoms with Crippen molar-refractivity contribution in [1.82, 2.24) is 0 Å². The number of hydrogen-bond donors (Lipinski definition) is 0. The largest absolute Gasteiger partial charge is 0.212 e. The second-order valence-corrected chi connectivity index (χ2v) is 5.46. The Morgan fingerprint density at radius 1 is 1.00 bits per heavy atom. The maximum Gasteiger partial charge on any atom is 0.212 e. The van der Waals surface area contributed by atoms with E-state index in [0.29, 0.717) is 0 Å². The molecular weight excluding hydrogens is 214 g/mol. The Hall–Kier alpha value is 0.610. The van der Waals surface area contributed by atoms with Crippen LogP contribution in [0.1, 0.15) is 38.5 Å². The quantitative estimate of drug-likeness (QED) is 0.418. The molecule has 0 aromatic carbocycles. The summed E-state index contributed by atoms with van der Waals surface area (Å²) in [5.41, 5.74) is 0.979. The molecular formula is C9H13Cl3. The van der Waals surface area contributed by atoms with Crippen molar-refractivity contribution >= 4 is 34.8 Å². The first-order valence-corrected chi connectivity index (χ1v) is 5.50. The lowest BCUT2D eigenvalue weighted by molar-refractivity contribution is 0.621. The van der Waals surface area contributed by atoms with Gasteiger partial charge in [-0.15, -0.1) is 0 Å². The van der Waals surface area contributed by atoms with Crippen LogP contribution in [0.25, 0.3) is 0 Å². The van der Waals surface area contributed by atoms with Crippen molar-refractivity contribution in [1.29, 1.82) is 0 Å². The van der Waals surface area contributed by atoms with Crippen LogP contribution in [0.2, 0.25) is 0 Å². The Morgan fingerprint density at radius 3 is 2.33 bits per heavy atom. The zero-order valence-corrected chi connectivity index (χ0v) is 9.22. The standard InChI is InChI=1S/C9H13Cl3/c10-9(11,12)8-6-4-2-1-3-5-7-8/h6H,1-5,7H2/b8-6+. The molecule has 1 aliphatic rings. The van der Waals surface area contributed by atoms with E-state index in [9.17, 15) is 0 Å². The highest BCUT2D eigenvalue weighted by Gasteiger charge is 2.25. The summed E-state index contributed by atoms with van der Waals surface area (Å²) in [5, 5.41) is 0. The van der Waals surface area contributed by atoms with Gasteiger partial charge in [-0.05, 0) is 31.3 Å². The molecule has 1 aliphatic carbocycles. The summed E-state index contributed by atoms with van der Waals surface area (Å²) in [6.07, 6.45) is 9.04. The molecule has 3 heteroatoms. The van der Waals surface area contributed by atoms with E-state index in [-0.39, 0.29) is 0 Å². The Morgan fingerprint density at radius 2 is 1.67 bits per heavy atom. The number of alkyl halides is 3. The SMILES string of the molecule is ClC(Cl)(Cl)/C1=C/CCCCCC1. The van der Waals surface area contributed by atoms with E-state index in [1.807, 2.05) is 0 Å². The van der Waals surface area contributed by atoms with Gasteiger partial charge in [-0.1, -0.05) is 53.7 Å². The highest BCUT2D eigenvalue weighted by atomic mass is 35.6. The minimum absolute atomic E-state index is 0.941. The fourth-order valence-corrected chi connectivity index (χ4v) is 1.96. The van der Waals surface area contributed by atoms with E-state index in [4.69, 9.17) is 34.8 Å². The van der Waals surface area contributed by atoms with Gasteiger partial charge in [0.15, 0.2) is 0 Å². The molecule has 0 saturated carbocycles. The Balaban J connectivity index is 2.59. The molecule has 0 aromatic rings. The summed E-state index contributed by atoms with van der Waals surface area (Å²) in [6, 6.07) is 0. The van der Waals surface area contributed by atoms with Gasteiger partial charge in [-0.3, -0.25) is 0 Å². The maximum atomic E-state index is 5.80. The summed E-state index contributed by atoms with van der Waals surface area (Å²) >= 11 is 17.4. The third kappa shape index (κ3) is 3.55. The van der Waals surface area contributed by atoms with E-state index in [1.54, 1.807) is 0 Å². The van der Waals surface area contributed by atoms with Crippen LogP contribution in [0, 0.1) is 0 Å². The smallest absolute Gasteiger partial charge is 0.0811 e. The second-order valence-electron chi connectivity index (χ2n) is 3.18. The summed E-state index contributed by atoms with van der Waals surface area (Å²) < 4.78 is -1.17. The van der Waals surface area contributed by atoms with E-state index >= 15 is 0 Å². The fourth-order valence-electron chi connectivity index (χ4n) is 1.45. The second kappa shape index (κ2) is 4.74. The lowest BCUT2D eigenvalue weighted by atomic mass is 10.0. The Labute approximate surface area is 88.9 Å². The molecule has 0 unspecified atom stereocenters. The first kappa shape index (κ1) is 10.7. The molecule has 1 rings (SSSR count). The van der Waals surface area contributed by atoms with Gasteiger partial charge in [-0.25, -0.2) is 0 Å². The van der Waals surface area contributed by atoms with E-state index in [2.05, 4.69) is 6.08 Å². The van der Waals surface area contributed by atoms with Crippen LogP contribution < -0.4 is 0 Å². The van der Waals surface area contributed by atoms with E-state index < -0.39 is 3.79 Å². The third-order valence-electron chi connectivity index (χ3n) is 2.16. The van der Waals surface area contributed by atoms with Gasteiger partial charge in [0, 0.05) is 0 Å². The van der Waals surface area contributed by atoms with Crippen molar-refractivity contribution in [3.8, 4) is 0 Å². The van der Waals surface area contributed by atoms with Gasteiger partial charge in [0.2, 0.25) is 3.79 Å². The van der Waals surface area contributed by atoms with Crippen molar-refractivity contribution in [2.75, 3.05) is 0 Å². The number of allylic oxidation sites excluding steroid dienone is 2. The molecule has 0 amide bonds. The number of halogens is 3. The fraction of sp³-hybridized carbons (Fsp3) is 0.778.